The Morgan fingerprint density at radius 2 is 2.29 bits per heavy atom. The van der Waals surface area contributed by atoms with Crippen LogP contribution in [-0.4, -0.2) is 16.9 Å². The largest absolute Gasteiger partial charge is 0.351 e. The zero-order chi connectivity index (χ0) is 12.1. The van der Waals surface area contributed by atoms with Gasteiger partial charge in [0.25, 0.3) is 0 Å². The highest BCUT2D eigenvalue weighted by molar-refractivity contribution is 8.00. The summed E-state index contributed by atoms with van der Waals surface area (Å²) < 4.78 is 0. The third kappa shape index (κ3) is 3.65. The minimum Gasteiger partial charge on any atom is -0.351 e. The third-order valence-electron chi connectivity index (χ3n) is 2.83. The molecule has 1 heterocycles. The Balaban J connectivity index is 1.86. The lowest BCUT2D eigenvalue weighted by molar-refractivity contribution is -0.120. The van der Waals surface area contributed by atoms with Crippen molar-refractivity contribution < 1.29 is 4.79 Å². The van der Waals surface area contributed by atoms with E-state index in [4.69, 9.17) is 11.6 Å². The van der Waals surface area contributed by atoms with Gasteiger partial charge in [0.05, 0.1) is 5.25 Å². The minimum absolute atomic E-state index is 0.159. The van der Waals surface area contributed by atoms with E-state index in [0.29, 0.717) is 12.4 Å². The summed E-state index contributed by atoms with van der Waals surface area (Å²) >= 11 is 7.53. The van der Waals surface area contributed by atoms with Crippen LogP contribution in [0.25, 0.3) is 0 Å². The molecule has 1 aromatic rings. The fourth-order valence-electron chi connectivity index (χ4n) is 1.91. The van der Waals surface area contributed by atoms with Crippen molar-refractivity contribution in [2.75, 3.05) is 5.75 Å². The van der Waals surface area contributed by atoms with E-state index in [2.05, 4.69) is 5.32 Å². The number of rotatable bonds is 4. The molecular weight excluding hydrogens is 254 g/mol. The summed E-state index contributed by atoms with van der Waals surface area (Å²) in [5, 5.41) is 3.15. The number of nitrogens with one attached hydrogen (secondary N) is 1. The smallest absolute Gasteiger partial charge is 0.233 e. The molecule has 92 valence electrons. The predicted molar refractivity (Wildman–Crippen MR) is 73.3 cm³/mol. The predicted octanol–water partition coefficient (Wildman–Crippen LogP) is 2.94. The molecule has 1 saturated heterocycles. The molecule has 2 rings (SSSR count). The van der Waals surface area contributed by atoms with Crippen molar-refractivity contribution >= 4 is 29.3 Å². The maximum Gasteiger partial charge on any atom is 0.233 e. The number of amides is 1. The standard InChI is InChI=1S/C13H16ClNOS/c14-8-10-3-1-4-11(7-10)9-15-13(16)12-5-2-6-17-12/h1,3-4,7,12H,2,5-6,8-9H2,(H,15,16). The Kier molecular flexibility index (Phi) is 4.75. The van der Waals surface area contributed by atoms with Crippen molar-refractivity contribution in [3.05, 3.63) is 35.4 Å². The molecule has 0 aromatic heterocycles. The Morgan fingerprint density at radius 1 is 1.47 bits per heavy atom. The van der Waals surface area contributed by atoms with Crippen LogP contribution in [0.3, 0.4) is 0 Å². The lowest BCUT2D eigenvalue weighted by Gasteiger charge is -2.10. The van der Waals surface area contributed by atoms with Crippen molar-refractivity contribution in [3.63, 3.8) is 0 Å². The highest BCUT2D eigenvalue weighted by Gasteiger charge is 2.22. The fraction of sp³-hybridized carbons (Fsp3) is 0.462. The van der Waals surface area contributed by atoms with Crippen LogP contribution in [0.15, 0.2) is 24.3 Å². The number of halogens is 1. The van der Waals surface area contributed by atoms with E-state index < -0.39 is 0 Å². The molecule has 0 aliphatic carbocycles. The van der Waals surface area contributed by atoms with Gasteiger partial charge in [0, 0.05) is 12.4 Å². The summed E-state index contributed by atoms with van der Waals surface area (Å²) in [4.78, 5) is 11.8. The SMILES string of the molecule is O=C(NCc1cccc(CCl)c1)C1CCCS1. The Labute approximate surface area is 111 Å². The molecule has 0 radical (unpaired) electrons. The van der Waals surface area contributed by atoms with Crippen LogP contribution in [0.2, 0.25) is 0 Å². The Hall–Kier alpha value is -0.670. The monoisotopic (exact) mass is 269 g/mol. The van der Waals surface area contributed by atoms with Crippen LogP contribution < -0.4 is 5.32 Å². The van der Waals surface area contributed by atoms with Crippen LogP contribution in [0.4, 0.5) is 0 Å². The summed E-state index contributed by atoms with van der Waals surface area (Å²) in [5.74, 6) is 1.80. The van der Waals surface area contributed by atoms with Crippen molar-refractivity contribution in [1.29, 1.82) is 0 Å². The van der Waals surface area contributed by atoms with E-state index in [1.165, 1.54) is 0 Å². The van der Waals surface area contributed by atoms with Gasteiger partial charge in [-0.2, -0.15) is 0 Å². The Morgan fingerprint density at radius 3 is 3.00 bits per heavy atom. The van der Waals surface area contributed by atoms with Gasteiger partial charge in [-0.25, -0.2) is 0 Å². The molecule has 1 aromatic carbocycles. The highest BCUT2D eigenvalue weighted by atomic mass is 35.5. The summed E-state index contributed by atoms with van der Waals surface area (Å²) in [6, 6.07) is 8.02. The van der Waals surface area contributed by atoms with Gasteiger partial charge in [-0.15, -0.1) is 23.4 Å². The van der Waals surface area contributed by atoms with E-state index in [0.717, 1.165) is 29.7 Å². The molecule has 1 fully saturated rings. The van der Waals surface area contributed by atoms with E-state index in [-0.39, 0.29) is 11.2 Å². The minimum atomic E-state index is 0.159. The first kappa shape index (κ1) is 12.8. The maximum atomic E-state index is 11.8. The summed E-state index contributed by atoms with van der Waals surface area (Å²) in [7, 11) is 0. The third-order valence-corrected chi connectivity index (χ3v) is 4.52. The van der Waals surface area contributed by atoms with Crippen LogP contribution in [0.1, 0.15) is 24.0 Å². The molecule has 1 amide bonds. The number of hydrogen-bond donors (Lipinski definition) is 1. The molecule has 4 heteroatoms. The zero-order valence-corrected chi connectivity index (χ0v) is 11.2. The molecule has 0 spiro atoms. The second-order valence-electron chi connectivity index (χ2n) is 4.17. The van der Waals surface area contributed by atoms with Gasteiger partial charge in [0.2, 0.25) is 5.91 Å². The van der Waals surface area contributed by atoms with Gasteiger partial charge in [0.1, 0.15) is 0 Å². The van der Waals surface area contributed by atoms with E-state index in [1.807, 2.05) is 24.3 Å². The average Bonchev–Trinajstić information content (AvgIpc) is 2.90. The molecule has 0 saturated carbocycles. The molecule has 0 bridgehead atoms. The van der Waals surface area contributed by atoms with Gasteiger partial charge in [-0.3, -0.25) is 4.79 Å². The number of benzene rings is 1. The van der Waals surface area contributed by atoms with E-state index in [1.54, 1.807) is 11.8 Å². The van der Waals surface area contributed by atoms with Crippen molar-refractivity contribution in [1.82, 2.24) is 5.32 Å². The van der Waals surface area contributed by atoms with Crippen molar-refractivity contribution in [3.8, 4) is 0 Å². The zero-order valence-electron chi connectivity index (χ0n) is 9.62. The number of hydrogen-bond acceptors (Lipinski definition) is 2. The van der Waals surface area contributed by atoms with Crippen molar-refractivity contribution in [2.45, 2.75) is 30.5 Å². The summed E-state index contributed by atoms with van der Waals surface area (Å²) in [6.45, 7) is 0.598. The average molecular weight is 270 g/mol. The number of thioether (sulfide) groups is 1. The topological polar surface area (TPSA) is 29.1 Å². The molecular formula is C13H16ClNOS. The fourth-order valence-corrected chi connectivity index (χ4v) is 3.26. The second-order valence-corrected chi connectivity index (χ2v) is 5.75. The molecule has 1 aliphatic heterocycles. The van der Waals surface area contributed by atoms with Crippen LogP contribution in [-0.2, 0) is 17.2 Å². The summed E-state index contributed by atoms with van der Waals surface area (Å²) in [5.41, 5.74) is 2.20. The second kappa shape index (κ2) is 6.31. The van der Waals surface area contributed by atoms with Gasteiger partial charge < -0.3 is 5.32 Å². The lowest BCUT2D eigenvalue weighted by atomic mass is 10.1. The van der Waals surface area contributed by atoms with Crippen LogP contribution >= 0.6 is 23.4 Å². The quantitative estimate of drug-likeness (QED) is 0.852. The first-order chi connectivity index (χ1) is 8.29. The van der Waals surface area contributed by atoms with E-state index >= 15 is 0 Å². The van der Waals surface area contributed by atoms with Gasteiger partial charge >= 0.3 is 0 Å². The van der Waals surface area contributed by atoms with Gasteiger partial charge in [0.15, 0.2) is 0 Å². The molecule has 1 atom stereocenters. The number of carbonyl (C=O) groups is 1. The summed E-state index contributed by atoms with van der Waals surface area (Å²) in [6.07, 6.45) is 2.17. The van der Waals surface area contributed by atoms with E-state index in [9.17, 15) is 4.79 Å². The highest BCUT2D eigenvalue weighted by Crippen LogP contribution is 2.26. The Bertz CT molecular complexity index is 391. The number of carbonyl (C=O) groups excluding carboxylic acids is 1. The first-order valence-corrected chi connectivity index (χ1v) is 7.41. The molecule has 1 unspecified atom stereocenters. The van der Waals surface area contributed by atoms with Crippen molar-refractivity contribution in [2.24, 2.45) is 0 Å². The van der Waals surface area contributed by atoms with Gasteiger partial charge in [-0.1, -0.05) is 24.3 Å². The van der Waals surface area contributed by atoms with Crippen LogP contribution in [0, 0.1) is 0 Å². The normalized spacial score (nSPS) is 19.2. The molecule has 2 nitrogen and oxygen atoms in total. The molecule has 17 heavy (non-hydrogen) atoms. The maximum absolute atomic E-state index is 11.8. The lowest BCUT2D eigenvalue weighted by Crippen LogP contribution is -2.30. The van der Waals surface area contributed by atoms with Gasteiger partial charge in [-0.05, 0) is 29.7 Å². The number of alkyl halides is 1. The molecule has 1 N–H and O–H groups in total. The first-order valence-electron chi connectivity index (χ1n) is 5.82. The van der Waals surface area contributed by atoms with Crippen LogP contribution in [0.5, 0.6) is 0 Å². The molecule has 1 aliphatic rings.